The molecule has 20 heteroatoms. The number of rotatable bonds is 9. The maximum Gasteiger partial charge on any atom is 0.359 e. The summed E-state index contributed by atoms with van der Waals surface area (Å²) < 4.78 is 40.3. The number of aliphatic hydroxyl groups is 10. The minimum absolute atomic E-state index is 0.0491. The van der Waals surface area contributed by atoms with Crippen molar-refractivity contribution in [2.24, 2.45) is 0 Å². The molecule has 0 aromatic heterocycles. The van der Waals surface area contributed by atoms with E-state index in [4.69, 9.17) is 32.8 Å². The van der Waals surface area contributed by atoms with Gasteiger partial charge in [0.25, 0.3) is 0 Å². The molecule has 20 nitrogen and oxygen atoms in total. The summed E-state index contributed by atoms with van der Waals surface area (Å²) in [6, 6.07) is 5.97. The molecule has 17 atom stereocenters. The number of aromatic hydroxyl groups is 3. The normalized spacial score (nSPS) is 41.5. The molecule has 4 heterocycles. The van der Waals surface area contributed by atoms with Crippen molar-refractivity contribution >= 4 is 6.08 Å². The molecule has 17 unspecified atom stereocenters. The van der Waals surface area contributed by atoms with Crippen LogP contribution in [0.2, 0.25) is 0 Å². The van der Waals surface area contributed by atoms with Crippen molar-refractivity contribution in [3.63, 3.8) is 0 Å². The molecular weight excluding hydrogens is 716 g/mol. The van der Waals surface area contributed by atoms with Crippen LogP contribution < -0.4 is 15.4 Å². The van der Waals surface area contributed by atoms with E-state index in [1.54, 1.807) is 0 Å². The molecule has 53 heavy (non-hydrogen) atoms. The summed E-state index contributed by atoms with van der Waals surface area (Å²) in [6.07, 6.45) is -25.5. The van der Waals surface area contributed by atoms with E-state index in [2.05, 4.69) is 0 Å². The first-order chi connectivity index (χ1) is 25.1. The molecule has 3 fully saturated rings. The second-order valence-corrected chi connectivity index (χ2v) is 13.3. The molecular formula is C33H43O20+. The lowest BCUT2D eigenvalue weighted by Gasteiger charge is -2.43. The fraction of sp³-hybridized carbons (Fsp3) is 0.606. The Morgan fingerprint density at radius 3 is 1.96 bits per heavy atom. The Balaban J connectivity index is 1.31. The lowest BCUT2D eigenvalue weighted by molar-refractivity contribution is -0.331. The Morgan fingerprint density at radius 2 is 1.28 bits per heavy atom. The number of hydrogen-bond donors (Lipinski definition) is 13. The van der Waals surface area contributed by atoms with Gasteiger partial charge in [0.05, 0.1) is 30.9 Å². The van der Waals surface area contributed by atoms with Crippen LogP contribution in [-0.4, -0.2) is 178 Å². The lowest BCUT2D eigenvalue weighted by Crippen LogP contribution is -2.61. The summed E-state index contributed by atoms with van der Waals surface area (Å²) in [5, 5.41) is 134. The van der Waals surface area contributed by atoms with Crippen molar-refractivity contribution in [1.82, 2.24) is 0 Å². The predicted octanol–water partition coefficient (Wildman–Crippen LogP) is -5.83. The van der Waals surface area contributed by atoms with Crippen molar-refractivity contribution in [2.45, 2.75) is 111 Å². The number of phenolic OH excluding ortho intramolecular Hbond substituents is 3. The molecule has 13 N–H and O–H groups in total. The second-order valence-electron chi connectivity index (χ2n) is 13.3. The zero-order valence-electron chi connectivity index (χ0n) is 27.9. The molecule has 6 rings (SSSR count). The summed E-state index contributed by atoms with van der Waals surface area (Å²) >= 11 is 0. The average Bonchev–Trinajstić information content (AvgIpc) is 3.13. The predicted molar refractivity (Wildman–Crippen MR) is 171 cm³/mol. The molecule has 0 radical (unpaired) electrons. The Labute approximate surface area is 299 Å². The molecule has 0 saturated carbocycles. The van der Waals surface area contributed by atoms with E-state index < -0.39 is 135 Å². The number of fused-ring (bicyclic) bond motifs is 1. The van der Waals surface area contributed by atoms with Crippen LogP contribution in [0, 0.1) is 0 Å². The molecule has 294 valence electrons. The third-order valence-electron chi connectivity index (χ3n) is 9.58. The summed E-state index contributed by atoms with van der Waals surface area (Å²) in [6.45, 7) is 0.102. The Hall–Kier alpha value is -3.29. The molecule has 2 aromatic rings. The number of aliphatic hydroxyl groups excluding tert-OH is 10. The molecule has 0 spiro atoms. The maximum absolute atomic E-state index is 11.0. The minimum Gasteiger partial charge on any atom is -0.507 e. The van der Waals surface area contributed by atoms with Crippen LogP contribution in [0.1, 0.15) is 18.6 Å². The third-order valence-corrected chi connectivity index (χ3v) is 9.58. The van der Waals surface area contributed by atoms with Gasteiger partial charge in [-0.25, -0.2) is 4.42 Å². The Bertz CT molecular complexity index is 1710. The fourth-order valence-corrected chi connectivity index (χ4v) is 6.44. The SMILES string of the molecule is CC1OC(OCC2OC(OC3C=c4c(OC5OC(CO)C(O)C(O)C5O)cc(O)cc4=[O+]C3c3ccc(O)c(O)c3)C(O)C(O)C2O)C(O)C(O)C1O. The first-order valence-electron chi connectivity index (χ1n) is 16.6. The lowest BCUT2D eigenvalue weighted by atomic mass is 9.97. The van der Waals surface area contributed by atoms with Crippen molar-refractivity contribution in [3.05, 3.63) is 51.0 Å². The zero-order valence-corrected chi connectivity index (χ0v) is 27.9. The van der Waals surface area contributed by atoms with Gasteiger partial charge >= 0.3 is 11.5 Å². The zero-order chi connectivity index (χ0) is 38.5. The second kappa shape index (κ2) is 15.8. The van der Waals surface area contributed by atoms with Crippen LogP contribution >= 0.6 is 0 Å². The van der Waals surface area contributed by atoms with Crippen molar-refractivity contribution < 1.29 is 94.8 Å². The van der Waals surface area contributed by atoms with Crippen molar-refractivity contribution in [1.29, 1.82) is 0 Å². The molecule has 4 aliphatic heterocycles. The van der Waals surface area contributed by atoms with E-state index in [1.807, 2.05) is 0 Å². The molecule has 0 amide bonds. The van der Waals surface area contributed by atoms with Crippen LogP contribution in [-0.2, 0) is 23.7 Å². The molecule has 0 bridgehead atoms. The van der Waals surface area contributed by atoms with E-state index in [0.717, 1.165) is 18.2 Å². The van der Waals surface area contributed by atoms with E-state index in [-0.39, 0.29) is 22.0 Å². The largest absolute Gasteiger partial charge is 0.507 e. The van der Waals surface area contributed by atoms with Gasteiger partial charge in [0, 0.05) is 6.07 Å². The van der Waals surface area contributed by atoms with Crippen molar-refractivity contribution in [2.75, 3.05) is 13.2 Å². The molecule has 3 saturated heterocycles. The van der Waals surface area contributed by atoms with Gasteiger partial charge in [-0.05, 0) is 31.2 Å². The first kappa shape index (κ1) is 39.4. The Kier molecular flexibility index (Phi) is 11.8. The smallest absolute Gasteiger partial charge is 0.359 e. The number of ether oxygens (including phenoxy) is 6. The highest BCUT2D eigenvalue weighted by Gasteiger charge is 2.50. The number of benzene rings is 2. The fourth-order valence-electron chi connectivity index (χ4n) is 6.44. The van der Waals surface area contributed by atoms with Gasteiger partial charge in [-0.2, -0.15) is 0 Å². The van der Waals surface area contributed by atoms with Gasteiger partial charge in [-0.1, -0.05) is 0 Å². The van der Waals surface area contributed by atoms with Gasteiger partial charge in [0.2, 0.25) is 6.29 Å². The third kappa shape index (κ3) is 7.80. The van der Waals surface area contributed by atoms with Crippen LogP contribution in [0.5, 0.6) is 23.0 Å². The summed E-state index contributed by atoms with van der Waals surface area (Å²) in [5.41, 5.74) is 0.137. The average molecular weight is 760 g/mol. The van der Waals surface area contributed by atoms with Crippen LogP contribution in [0.15, 0.2) is 34.8 Å². The molecule has 0 aliphatic carbocycles. The van der Waals surface area contributed by atoms with Crippen LogP contribution in [0.25, 0.3) is 6.08 Å². The van der Waals surface area contributed by atoms with Gasteiger partial charge in [0.1, 0.15) is 83.9 Å². The monoisotopic (exact) mass is 759 g/mol. The van der Waals surface area contributed by atoms with Crippen molar-refractivity contribution in [3.8, 4) is 23.0 Å². The summed E-state index contributed by atoms with van der Waals surface area (Å²) in [5.74, 6) is -1.63. The summed E-state index contributed by atoms with van der Waals surface area (Å²) in [7, 11) is 0. The number of hydrogen-bond acceptors (Lipinski definition) is 19. The van der Waals surface area contributed by atoms with Gasteiger partial charge in [-0.15, -0.1) is 0 Å². The first-order valence-corrected chi connectivity index (χ1v) is 16.6. The minimum atomic E-state index is -1.90. The van der Waals surface area contributed by atoms with E-state index >= 15 is 0 Å². The van der Waals surface area contributed by atoms with E-state index in [9.17, 15) is 66.4 Å². The van der Waals surface area contributed by atoms with Gasteiger partial charge in [-0.3, -0.25) is 0 Å². The highest BCUT2D eigenvalue weighted by molar-refractivity contribution is 5.49. The molecule has 2 aromatic carbocycles. The van der Waals surface area contributed by atoms with Crippen LogP contribution in [0.3, 0.4) is 0 Å². The topological polar surface area (TPSA) is 330 Å². The number of phenols is 3. The van der Waals surface area contributed by atoms with Gasteiger partial charge < -0.3 is 94.8 Å². The van der Waals surface area contributed by atoms with Crippen LogP contribution in [0.4, 0.5) is 0 Å². The standard InChI is InChI=1S/C33H42O20/c1-10-21(38)24(41)27(44)31(48-10)47-9-20-23(40)26(43)29(46)33(53-20)51-18-7-13-16(49-30(18)11-2-3-14(36)15(37)4-11)5-12(35)6-17(13)50-32-28(45)25(42)22(39)19(8-34)52-32/h2-7,10,18-34,38-46H,8-9H2,1H3,(H2-,35,36,37)/p+1. The van der Waals surface area contributed by atoms with Gasteiger partial charge in [0.15, 0.2) is 30.2 Å². The van der Waals surface area contributed by atoms with E-state index in [1.165, 1.54) is 25.1 Å². The maximum atomic E-state index is 11.0. The Morgan fingerprint density at radius 1 is 0.660 bits per heavy atom. The molecule has 4 aliphatic rings. The summed E-state index contributed by atoms with van der Waals surface area (Å²) in [4.78, 5) is 0. The highest BCUT2D eigenvalue weighted by Crippen LogP contribution is 2.35. The quantitative estimate of drug-likeness (QED) is 0.0836. The highest BCUT2D eigenvalue weighted by atomic mass is 16.7. The van der Waals surface area contributed by atoms with E-state index in [0.29, 0.717) is 0 Å².